The van der Waals surface area contributed by atoms with Crippen LogP contribution in [0.1, 0.15) is 45.4 Å². The summed E-state index contributed by atoms with van der Waals surface area (Å²) >= 11 is 0. The zero-order valence-corrected chi connectivity index (χ0v) is 13.4. The number of alkyl halides is 3. The molecule has 0 spiro atoms. The van der Waals surface area contributed by atoms with Gasteiger partial charge in [0, 0.05) is 12.5 Å². The van der Waals surface area contributed by atoms with Gasteiger partial charge in [-0.2, -0.15) is 13.2 Å². The van der Waals surface area contributed by atoms with Crippen molar-refractivity contribution in [2.75, 3.05) is 0 Å². The summed E-state index contributed by atoms with van der Waals surface area (Å²) in [6.07, 6.45) is -0.796. The van der Waals surface area contributed by atoms with Crippen LogP contribution in [0.4, 0.5) is 13.2 Å². The van der Waals surface area contributed by atoms with E-state index in [4.69, 9.17) is 0 Å². The van der Waals surface area contributed by atoms with E-state index in [0.29, 0.717) is 12.8 Å². The van der Waals surface area contributed by atoms with Gasteiger partial charge in [-0.25, -0.2) is 0 Å². The molecule has 0 aromatic carbocycles. The van der Waals surface area contributed by atoms with Gasteiger partial charge in [-0.3, -0.25) is 9.59 Å². The van der Waals surface area contributed by atoms with Crippen LogP contribution in [-0.2, 0) is 9.59 Å². The van der Waals surface area contributed by atoms with Crippen LogP contribution in [0, 0.1) is 0 Å². The molecular weight excluding hydrogens is 309 g/mol. The third-order valence-electron chi connectivity index (χ3n) is 3.16. The molecule has 2 N–H and O–H groups in total. The molecule has 0 aliphatic carbocycles. The average Bonchev–Trinajstić information content (AvgIpc) is 2.45. The standard InChI is InChI=1S/C16H25F3N2O2/c1-4-7-8-10-12(11-16(17,18)19)20-15(23)13(9-5-2)21-14(22)6-3/h4-5,12-13H,1-2,6-11H2,3H3,(H,20,23)(H,21,22)/t12-,13?/m0/s1. The molecule has 23 heavy (non-hydrogen) atoms. The minimum absolute atomic E-state index is 0.156. The third kappa shape index (κ3) is 10.5. The SMILES string of the molecule is C=CCCC[C@@H](CC(F)(F)F)NC(=O)C(CC=C)NC(=O)CC. The Kier molecular flexibility index (Phi) is 10.0. The number of amides is 2. The van der Waals surface area contributed by atoms with Gasteiger partial charge in [0.1, 0.15) is 6.04 Å². The van der Waals surface area contributed by atoms with Crippen molar-refractivity contribution < 1.29 is 22.8 Å². The van der Waals surface area contributed by atoms with E-state index < -0.39 is 30.6 Å². The molecule has 0 saturated carbocycles. The van der Waals surface area contributed by atoms with Crippen molar-refractivity contribution >= 4 is 11.8 Å². The smallest absolute Gasteiger partial charge is 0.351 e. The second kappa shape index (κ2) is 10.9. The van der Waals surface area contributed by atoms with Crippen LogP contribution in [0.3, 0.4) is 0 Å². The van der Waals surface area contributed by atoms with Crippen molar-refractivity contribution in [1.29, 1.82) is 0 Å². The van der Waals surface area contributed by atoms with Crippen molar-refractivity contribution in [2.24, 2.45) is 0 Å². The molecule has 0 aliphatic rings. The number of hydrogen-bond acceptors (Lipinski definition) is 2. The fourth-order valence-electron chi connectivity index (χ4n) is 2.01. The zero-order chi connectivity index (χ0) is 17.9. The van der Waals surface area contributed by atoms with Gasteiger partial charge >= 0.3 is 6.18 Å². The van der Waals surface area contributed by atoms with Crippen molar-refractivity contribution in [3.05, 3.63) is 25.3 Å². The normalized spacial score (nSPS) is 13.7. The van der Waals surface area contributed by atoms with Crippen molar-refractivity contribution in [2.45, 2.75) is 63.7 Å². The van der Waals surface area contributed by atoms with E-state index >= 15 is 0 Å². The highest BCUT2D eigenvalue weighted by molar-refractivity contribution is 5.87. The molecule has 1 unspecified atom stereocenters. The van der Waals surface area contributed by atoms with Crippen LogP contribution in [0.5, 0.6) is 0 Å². The molecule has 0 saturated heterocycles. The molecular formula is C16H25F3N2O2. The fourth-order valence-corrected chi connectivity index (χ4v) is 2.01. The van der Waals surface area contributed by atoms with Gasteiger partial charge in [-0.05, 0) is 25.7 Å². The lowest BCUT2D eigenvalue weighted by molar-refractivity contribution is -0.143. The summed E-state index contributed by atoms with van der Waals surface area (Å²) in [6, 6.07) is -1.93. The monoisotopic (exact) mass is 334 g/mol. The van der Waals surface area contributed by atoms with Crippen LogP contribution in [0.15, 0.2) is 25.3 Å². The van der Waals surface area contributed by atoms with Crippen LogP contribution in [0.25, 0.3) is 0 Å². The molecule has 0 rings (SSSR count). The molecule has 0 heterocycles. The second-order valence-electron chi connectivity index (χ2n) is 5.24. The summed E-state index contributed by atoms with van der Waals surface area (Å²) in [5.74, 6) is -0.967. The minimum atomic E-state index is -4.37. The summed E-state index contributed by atoms with van der Waals surface area (Å²) in [4.78, 5) is 23.6. The van der Waals surface area contributed by atoms with Crippen LogP contribution in [-0.4, -0.2) is 30.1 Å². The third-order valence-corrected chi connectivity index (χ3v) is 3.16. The lowest BCUT2D eigenvalue weighted by atomic mass is 10.0. The van der Waals surface area contributed by atoms with Crippen molar-refractivity contribution in [1.82, 2.24) is 10.6 Å². The second-order valence-corrected chi connectivity index (χ2v) is 5.24. The molecule has 4 nitrogen and oxygen atoms in total. The van der Waals surface area contributed by atoms with E-state index in [1.807, 2.05) is 0 Å². The average molecular weight is 334 g/mol. The predicted molar refractivity (Wildman–Crippen MR) is 83.7 cm³/mol. The number of hydrogen-bond donors (Lipinski definition) is 2. The zero-order valence-electron chi connectivity index (χ0n) is 13.4. The van der Waals surface area contributed by atoms with E-state index in [9.17, 15) is 22.8 Å². The topological polar surface area (TPSA) is 58.2 Å². The molecule has 0 radical (unpaired) electrons. The number of halogens is 3. The van der Waals surface area contributed by atoms with Crippen LogP contribution < -0.4 is 10.6 Å². The van der Waals surface area contributed by atoms with Gasteiger partial charge in [0.2, 0.25) is 11.8 Å². The number of carbonyl (C=O) groups is 2. The Bertz CT molecular complexity index is 409. The van der Waals surface area contributed by atoms with Crippen LogP contribution >= 0.6 is 0 Å². The first-order chi connectivity index (χ1) is 10.7. The highest BCUT2D eigenvalue weighted by Gasteiger charge is 2.33. The first kappa shape index (κ1) is 21.2. The molecule has 2 atom stereocenters. The quantitative estimate of drug-likeness (QED) is 0.450. The van der Waals surface area contributed by atoms with E-state index in [1.54, 1.807) is 13.0 Å². The molecule has 0 bridgehead atoms. The minimum Gasteiger partial charge on any atom is -0.351 e. The number of allylic oxidation sites excluding steroid dienone is 1. The Morgan fingerprint density at radius 3 is 2.30 bits per heavy atom. The summed E-state index contributed by atoms with van der Waals surface area (Å²) in [5, 5.41) is 4.87. The number of rotatable bonds is 11. The highest BCUT2D eigenvalue weighted by Crippen LogP contribution is 2.23. The molecule has 0 aliphatic heterocycles. The maximum atomic E-state index is 12.6. The number of nitrogens with one attached hydrogen (secondary N) is 2. The Morgan fingerprint density at radius 2 is 1.83 bits per heavy atom. The summed E-state index contributed by atoms with van der Waals surface area (Å²) < 4.78 is 37.9. The molecule has 2 amide bonds. The highest BCUT2D eigenvalue weighted by atomic mass is 19.4. The number of carbonyl (C=O) groups excluding carboxylic acids is 2. The Morgan fingerprint density at radius 1 is 1.17 bits per heavy atom. The maximum Gasteiger partial charge on any atom is 0.391 e. The lowest BCUT2D eigenvalue weighted by Crippen LogP contribution is -2.50. The summed E-state index contributed by atoms with van der Waals surface area (Å²) in [5.41, 5.74) is 0. The van der Waals surface area contributed by atoms with Gasteiger partial charge in [0.15, 0.2) is 0 Å². The van der Waals surface area contributed by atoms with E-state index in [2.05, 4.69) is 23.8 Å². The first-order valence-electron chi connectivity index (χ1n) is 7.61. The Hall–Kier alpha value is -1.79. The van der Waals surface area contributed by atoms with E-state index in [0.717, 1.165) is 0 Å². The van der Waals surface area contributed by atoms with E-state index in [-0.39, 0.29) is 25.2 Å². The van der Waals surface area contributed by atoms with Gasteiger partial charge < -0.3 is 10.6 Å². The van der Waals surface area contributed by atoms with Gasteiger partial charge in [-0.1, -0.05) is 19.1 Å². The molecule has 0 aromatic rings. The lowest BCUT2D eigenvalue weighted by Gasteiger charge is -2.23. The van der Waals surface area contributed by atoms with Gasteiger partial charge in [0.05, 0.1) is 6.42 Å². The fraction of sp³-hybridized carbons (Fsp3) is 0.625. The van der Waals surface area contributed by atoms with Crippen molar-refractivity contribution in [3.8, 4) is 0 Å². The Balaban J connectivity index is 4.81. The molecule has 0 aromatic heterocycles. The summed E-state index contributed by atoms with van der Waals surface area (Å²) in [6.45, 7) is 8.64. The van der Waals surface area contributed by atoms with Gasteiger partial charge in [0.25, 0.3) is 0 Å². The largest absolute Gasteiger partial charge is 0.391 e. The predicted octanol–water partition coefficient (Wildman–Crippen LogP) is 3.25. The van der Waals surface area contributed by atoms with Gasteiger partial charge in [-0.15, -0.1) is 13.2 Å². The van der Waals surface area contributed by atoms with Crippen molar-refractivity contribution in [3.63, 3.8) is 0 Å². The molecule has 0 fully saturated rings. The van der Waals surface area contributed by atoms with E-state index in [1.165, 1.54) is 6.08 Å². The van der Waals surface area contributed by atoms with Crippen LogP contribution in [0.2, 0.25) is 0 Å². The molecule has 7 heteroatoms. The first-order valence-corrected chi connectivity index (χ1v) is 7.61. The molecule has 132 valence electrons. The maximum absolute atomic E-state index is 12.6. The Labute approximate surface area is 135 Å². The number of unbranched alkanes of at least 4 members (excludes halogenated alkanes) is 1. The summed E-state index contributed by atoms with van der Waals surface area (Å²) in [7, 11) is 0.